The highest BCUT2D eigenvalue weighted by atomic mass is 35.5. The molecule has 0 aromatic heterocycles. The van der Waals surface area contributed by atoms with Crippen molar-refractivity contribution in [2.45, 2.75) is 51.1 Å². The maximum absolute atomic E-state index is 6.04. The van der Waals surface area contributed by atoms with Gasteiger partial charge in [0.15, 0.2) is 0 Å². The van der Waals surface area contributed by atoms with E-state index in [1.165, 1.54) is 43.2 Å². The smallest absolute Gasteiger partial charge is 0.0408 e. The predicted octanol–water partition coefficient (Wildman–Crippen LogP) is 4.11. The average Bonchev–Trinajstić information content (AvgIpc) is 2.86. The van der Waals surface area contributed by atoms with Crippen LogP contribution in [-0.4, -0.2) is 6.04 Å². The van der Waals surface area contributed by atoms with Gasteiger partial charge in [-0.3, -0.25) is 0 Å². The molecule has 0 aliphatic heterocycles. The van der Waals surface area contributed by atoms with Gasteiger partial charge >= 0.3 is 0 Å². The number of benzene rings is 1. The molecule has 3 atom stereocenters. The first-order chi connectivity index (χ1) is 8.22. The van der Waals surface area contributed by atoms with Crippen LogP contribution in [0.3, 0.4) is 0 Å². The van der Waals surface area contributed by atoms with E-state index >= 15 is 0 Å². The van der Waals surface area contributed by atoms with Gasteiger partial charge in [-0.25, -0.2) is 0 Å². The van der Waals surface area contributed by atoms with E-state index < -0.39 is 0 Å². The molecule has 0 radical (unpaired) electrons. The minimum atomic E-state index is 0.567. The molecule has 2 aliphatic carbocycles. The van der Waals surface area contributed by atoms with Crippen LogP contribution in [0.5, 0.6) is 0 Å². The second-order valence-electron chi connectivity index (χ2n) is 5.72. The minimum Gasteiger partial charge on any atom is -0.307 e. The lowest BCUT2D eigenvalue weighted by Crippen LogP contribution is -2.29. The van der Waals surface area contributed by atoms with Crippen LogP contribution in [0.15, 0.2) is 18.2 Å². The molecular formula is C15H20ClN. The molecule has 1 fully saturated rings. The summed E-state index contributed by atoms with van der Waals surface area (Å²) >= 11 is 6.04. The Morgan fingerprint density at radius 1 is 1.24 bits per heavy atom. The highest BCUT2D eigenvalue weighted by Crippen LogP contribution is 2.35. The van der Waals surface area contributed by atoms with E-state index in [1.54, 1.807) is 0 Å². The van der Waals surface area contributed by atoms with Crippen LogP contribution in [-0.2, 0) is 6.42 Å². The summed E-state index contributed by atoms with van der Waals surface area (Å²) in [6.45, 7) is 2.37. The molecule has 17 heavy (non-hydrogen) atoms. The first-order valence-electron chi connectivity index (χ1n) is 6.77. The van der Waals surface area contributed by atoms with E-state index in [0.717, 1.165) is 17.0 Å². The topological polar surface area (TPSA) is 12.0 Å². The van der Waals surface area contributed by atoms with Crippen molar-refractivity contribution >= 4 is 11.6 Å². The van der Waals surface area contributed by atoms with Gasteiger partial charge in [0.1, 0.15) is 0 Å². The third kappa shape index (κ3) is 2.36. The molecule has 3 unspecified atom stereocenters. The van der Waals surface area contributed by atoms with Crippen LogP contribution in [0.2, 0.25) is 5.02 Å². The average molecular weight is 250 g/mol. The second kappa shape index (κ2) is 4.62. The Kier molecular flexibility index (Phi) is 3.14. The van der Waals surface area contributed by atoms with E-state index in [4.69, 9.17) is 11.6 Å². The van der Waals surface area contributed by atoms with Crippen LogP contribution in [0, 0.1) is 5.92 Å². The van der Waals surface area contributed by atoms with E-state index in [2.05, 4.69) is 24.4 Å². The lowest BCUT2D eigenvalue weighted by molar-refractivity contribution is 0.428. The first kappa shape index (κ1) is 11.6. The van der Waals surface area contributed by atoms with Gasteiger partial charge in [0, 0.05) is 17.1 Å². The van der Waals surface area contributed by atoms with Gasteiger partial charge < -0.3 is 5.32 Å². The Morgan fingerprint density at radius 3 is 2.88 bits per heavy atom. The molecule has 1 aromatic carbocycles. The number of fused-ring (bicyclic) bond motifs is 1. The van der Waals surface area contributed by atoms with Crippen LogP contribution in [0.1, 0.15) is 49.8 Å². The third-order valence-electron chi connectivity index (χ3n) is 4.31. The predicted molar refractivity (Wildman–Crippen MR) is 72.5 cm³/mol. The molecule has 1 saturated carbocycles. The number of aryl methyl sites for hydroxylation is 1. The van der Waals surface area contributed by atoms with Crippen molar-refractivity contribution in [1.82, 2.24) is 5.32 Å². The lowest BCUT2D eigenvalue weighted by Gasteiger charge is -2.19. The number of hydrogen-bond donors (Lipinski definition) is 1. The van der Waals surface area contributed by atoms with Crippen molar-refractivity contribution in [1.29, 1.82) is 0 Å². The fourth-order valence-electron chi connectivity index (χ4n) is 3.40. The maximum Gasteiger partial charge on any atom is 0.0408 e. The molecule has 3 rings (SSSR count). The zero-order valence-corrected chi connectivity index (χ0v) is 11.1. The molecule has 2 heteroatoms. The zero-order valence-electron chi connectivity index (χ0n) is 10.4. The molecule has 0 spiro atoms. The molecule has 2 aliphatic rings. The highest BCUT2D eigenvalue weighted by Gasteiger charge is 2.28. The van der Waals surface area contributed by atoms with E-state index in [9.17, 15) is 0 Å². The van der Waals surface area contributed by atoms with Crippen molar-refractivity contribution in [3.8, 4) is 0 Å². The monoisotopic (exact) mass is 249 g/mol. The number of hydrogen-bond acceptors (Lipinski definition) is 1. The molecular weight excluding hydrogens is 230 g/mol. The SMILES string of the molecule is CC1CCC(NC2CCc3cc(Cl)ccc32)C1. The van der Waals surface area contributed by atoms with E-state index in [1.807, 2.05) is 6.07 Å². The van der Waals surface area contributed by atoms with Gasteiger partial charge in [-0.05, 0) is 61.3 Å². The van der Waals surface area contributed by atoms with Gasteiger partial charge in [0.2, 0.25) is 0 Å². The largest absolute Gasteiger partial charge is 0.307 e. The fraction of sp³-hybridized carbons (Fsp3) is 0.600. The molecule has 0 heterocycles. The van der Waals surface area contributed by atoms with Crippen LogP contribution >= 0.6 is 11.6 Å². The number of nitrogens with one attached hydrogen (secondary N) is 1. The van der Waals surface area contributed by atoms with Crippen molar-refractivity contribution < 1.29 is 0 Å². The lowest BCUT2D eigenvalue weighted by atomic mass is 10.1. The normalized spacial score (nSPS) is 31.8. The number of halogens is 1. The maximum atomic E-state index is 6.04. The van der Waals surface area contributed by atoms with Gasteiger partial charge in [0.25, 0.3) is 0 Å². The summed E-state index contributed by atoms with van der Waals surface area (Å²) in [5, 5.41) is 4.71. The summed E-state index contributed by atoms with van der Waals surface area (Å²) in [5.74, 6) is 0.901. The summed E-state index contributed by atoms with van der Waals surface area (Å²) in [7, 11) is 0. The van der Waals surface area contributed by atoms with Crippen LogP contribution < -0.4 is 5.32 Å². The van der Waals surface area contributed by atoms with Gasteiger partial charge in [-0.2, -0.15) is 0 Å². The van der Waals surface area contributed by atoms with Crippen molar-refractivity contribution in [3.05, 3.63) is 34.3 Å². The molecule has 0 amide bonds. The van der Waals surface area contributed by atoms with Crippen LogP contribution in [0.25, 0.3) is 0 Å². The van der Waals surface area contributed by atoms with E-state index in [-0.39, 0.29) is 0 Å². The number of rotatable bonds is 2. The summed E-state index contributed by atoms with van der Waals surface area (Å²) < 4.78 is 0. The molecule has 1 nitrogen and oxygen atoms in total. The summed E-state index contributed by atoms with van der Waals surface area (Å²) in [5.41, 5.74) is 2.93. The Hall–Kier alpha value is -0.530. The summed E-state index contributed by atoms with van der Waals surface area (Å²) in [6.07, 6.45) is 6.49. The van der Waals surface area contributed by atoms with Crippen LogP contribution in [0.4, 0.5) is 0 Å². The highest BCUT2D eigenvalue weighted by molar-refractivity contribution is 6.30. The van der Waals surface area contributed by atoms with Gasteiger partial charge in [0.05, 0.1) is 0 Å². The Labute approximate surface area is 109 Å². The van der Waals surface area contributed by atoms with Gasteiger partial charge in [-0.15, -0.1) is 0 Å². The zero-order chi connectivity index (χ0) is 11.8. The van der Waals surface area contributed by atoms with E-state index in [0.29, 0.717) is 6.04 Å². The molecule has 0 bridgehead atoms. The minimum absolute atomic E-state index is 0.567. The fourth-order valence-corrected chi connectivity index (χ4v) is 3.60. The molecule has 1 aromatic rings. The van der Waals surface area contributed by atoms with Crippen molar-refractivity contribution in [2.75, 3.05) is 0 Å². The van der Waals surface area contributed by atoms with Gasteiger partial charge in [-0.1, -0.05) is 24.6 Å². The molecule has 1 N–H and O–H groups in total. The van der Waals surface area contributed by atoms with Crippen molar-refractivity contribution in [2.24, 2.45) is 5.92 Å². The quantitative estimate of drug-likeness (QED) is 0.832. The first-order valence-corrected chi connectivity index (χ1v) is 7.14. The Bertz CT molecular complexity index is 415. The van der Waals surface area contributed by atoms with Crippen molar-refractivity contribution in [3.63, 3.8) is 0 Å². The summed E-state index contributed by atoms with van der Waals surface area (Å²) in [4.78, 5) is 0. The molecule has 0 saturated heterocycles. The standard InChI is InChI=1S/C15H20ClN/c1-10-2-5-13(8-10)17-15-7-3-11-9-12(16)4-6-14(11)15/h4,6,9-10,13,15,17H,2-3,5,7-8H2,1H3. The Balaban J connectivity index is 1.71. The summed E-state index contributed by atoms with van der Waals surface area (Å²) in [6, 6.07) is 7.67. The second-order valence-corrected chi connectivity index (χ2v) is 6.15. The Morgan fingerprint density at radius 2 is 2.12 bits per heavy atom. The molecule has 92 valence electrons. The third-order valence-corrected chi connectivity index (χ3v) is 4.55.